The number of nitrogens with zero attached hydrogens (tertiary/aromatic N) is 3. The van der Waals surface area contributed by atoms with E-state index in [4.69, 9.17) is 15.2 Å². The maximum atomic E-state index is 11.9. The van der Waals surface area contributed by atoms with E-state index >= 15 is 0 Å². The van der Waals surface area contributed by atoms with E-state index < -0.39 is 0 Å². The van der Waals surface area contributed by atoms with E-state index in [0.717, 1.165) is 24.3 Å². The van der Waals surface area contributed by atoms with Gasteiger partial charge in [-0.2, -0.15) is 0 Å². The fourth-order valence-electron chi connectivity index (χ4n) is 2.83. The minimum Gasteiger partial charge on any atom is -0.497 e. The molecule has 3 rings (SSSR count). The first-order chi connectivity index (χ1) is 11.7. The predicted octanol–water partition coefficient (Wildman–Crippen LogP) is 1.90. The molecule has 1 aromatic heterocycles. The van der Waals surface area contributed by atoms with Crippen LogP contribution in [0.3, 0.4) is 0 Å². The molecule has 1 atom stereocenters. The number of carbonyl (C=O) groups excluding carboxylic acids is 1. The number of carbonyl (C=O) groups is 1. The van der Waals surface area contributed by atoms with Gasteiger partial charge in [-0.1, -0.05) is 0 Å². The van der Waals surface area contributed by atoms with Crippen LogP contribution in [0.5, 0.6) is 17.4 Å². The second-order valence-electron chi connectivity index (χ2n) is 5.51. The molecule has 0 spiro atoms. The van der Waals surface area contributed by atoms with E-state index in [1.54, 1.807) is 36.5 Å². The van der Waals surface area contributed by atoms with Gasteiger partial charge in [0.1, 0.15) is 11.5 Å². The van der Waals surface area contributed by atoms with Crippen molar-refractivity contribution in [1.29, 1.82) is 0 Å². The zero-order chi connectivity index (χ0) is 16.9. The van der Waals surface area contributed by atoms with Crippen molar-refractivity contribution in [2.24, 2.45) is 5.73 Å². The molecule has 1 aromatic carbocycles. The van der Waals surface area contributed by atoms with Gasteiger partial charge in [0, 0.05) is 6.54 Å². The highest BCUT2D eigenvalue weighted by atomic mass is 16.5. The molecule has 7 nitrogen and oxygen atoms in total. The molecule has 0 radical (unpaired) electrons. The number of aromatic nitrogens is 2. The highest BCUT2D eigenvalue weighted by Crippen LogP contribution is 2.31. The highest BCUT2D eigenvalue weighted by molar-refractivity contribution is 5.78. The summed E-state index contributed by atoms with van der Waals surface area (Å²) in [5.41, 5.74) is 6.21. The number of likely N-dealkylation sites (tertiary alicyclic amines) is 1. The molecule has 0 aliphatic carbocycles. The van der Waals surface area contributed by atoms with Crippen LogP contribution in [0.25, 0.3) is 0 Å². The molecule has 1 saturated heterocycles. The Bertz CT molecular complexity index is 705. The number of amides is 1. The second-order valence-corrected chi connectivity index (χ2v) is 5.51. The van der Waals surface area contributed by atoms with Crippen molar-refractivity contribution in [3.63, 3.8) is 0 Å². The summed E-state index contributed by atoms with van der Waals surface area (Å²) < 4.78 is 10.9. The Hall–Kier alpha value is -2.67. The first-order valence-corrected chi connectivity index (χ1v) is 7.84. The number of hydrogen-bond donors (Lipinski definition) is 1. The molecular weight excluding hydrogens is 308 g/mol. The van der Waals surface area contributed by atoms with Gasteiger partial charge in [-0.15, -0.1) is 0 Å². The van der Waals surface area contributed by atoms with Gasteiger partial charge < -0.3 is 20.1 Å². The lowest BCUT2D eigenvalue weighted by molar-refractivity contribution is -0.130. The van der Waals surface area contributed by atoms with Gasteiger partial charge in [0.15, 0.2) is 0 Å². The van der Waals surface area contributed by atoms with E-state index in [9.17, 15) is 4.79 Å². The summed E-state index contributed by atoms with van der Waals surface area (Å²) in [4.78, 5) is 22.4. The minimum atomic E-state index is -0.0898. The monoisotopic (exact) mass is 328 g/mol. The molecule has 1 aliphatic rings. The minimum absolute atomic E-state index is 0.00592. The van der Waals surface area contributed by atoms with Gasteiger partial charge in [0.25, 0.3) is 0 Å². The van der Waals surface area contributed by atoms with Crippen molar-refractivity contribution in [3.05, 3.63) is 42.4 Å². The first-order valence-electron chi connectivity index (χ1n) is 7.84. The molecule has 24 heavy (non-hydrogen) atoms. The molecule has 1 fully saturated rings. The third kappa shape index (κ3) is 3.46. The standard InChI is InChI=1S/C17H20N4O3/c1-23-12-4-6-13(7-5-12)24-16-11-19-10-14(20-16)15-3-2-8-21(15)17(22)9-18/h4-7,10-11,15H,2-3,8-9,18H2,1H3/t15-/m1/s1. The zero-order valence-corrected chi connectivity index (χ0v) is 13.5. The van der Waals surface area contributed by atoms with Crippen molar-refractivity contribution < 1.29 is 14.3 Å². The van der Waals surface area contributed by atoms with Crippen molar-refractivity contribution in [2.75, 3.05) is 20.2 Å². The summed E-state index contributed by atoms with van der Waals surface area (Å²) in [7, 11) is 1.61. The molecule has 0 bridgehead atoms. The Morgan fingerprint density at radius 2 is 2.04 bits per heavy atom. The molecule has 2 aromatic rings. The lowest BCUT2D eigenvalue weighted by atomic mass is 10.1. The van der Waals surface area contributed by atoms with Crippen LogP contribution in [0.1, 0.15) is 24.6 Å². The van der Waals surface area contributed by atoms with Gasteiger partial charge in [-0.05, 0) is 37.1 Å². The van der Waals surface area contributed by atoms with Gasteiger partial charge >= 0.3 is 0 Å². The Labute approximate surface area is 140 Å². The van der Waals surface area contributed by atoms with Crippen LogP contribution in [-0.4, -0.2) is 41.0 Å². The molecule has 1 amide bonds. The third-order valence-electron chi connectivity index (χ3n) is 4.00. The topological polar surface area (TPSA) is 90.6 Å². The van der Waals surface area contributed by atoms with Crippen molar-refractivity contribution in [3.8, 4) is 17.4 Å². The normalized spacial score (nSPS) is 16.9. The average Bonchev–Trinajstić information content (AvgIpc) is 3.12. The number of methoxy groups -OCH3 is 1. The maximum absolute atomic E-state index is 11.9. The molecule has 2 N–H and O–H groups in total. The van der Waals surface area contributed by atoms with Gasteiger partial charge in [0.05, 0.1) is 37.8 Å². The first kappa shape index (κ1) is 16.2. The van der Waals surface area contributed by atoms with E-state index in [2.05, 4.69) is 9.97 Å². The Morgan fingerprint density at radius 1 is 1.29 bits per heavy atom. The number of benzene rings is 1. The summed E-state index contributed by atoms with van der Waals surface area (Å²) in [5.74, 6) is 1.72. The van der Waals surface area contributed by atoms with Crippen LogP contribution in [-0.2, 0) is 4.79 Å². The number of nitrogens with two attached hydrogens (primary N) is 1. The van der Waals surface area contributed by atoms with E-state index in [-0.39, 0.29) is 18.5 Å². The SMILES string of the molecule is COc1ccc(Oc2cncc([C@H]3CCCN3C(=O)CN)n2)cc1. The fourth-order valence-corrected chi connectivity index (χ4v) is 2.83. The number of rotatable bonds is 5. The molecule has 0 saturated carbocycles. The zero-order valence-electron chi connectivity index (χ0n) is 13.5. The molecule has 0 unspecified atom stereocenters. The smallest absolute Gasteiger partial charge is 0.238 e. The van der Waals surface area contributed by atoms with Crippen LogP contribution >= 0.6 is 0 Å². The quantitative estimate of drug-likeness (QED) is 0.901. The van der Waals surface area contributed by atoms with Crippen molar-refractivity contribution in [1.82, 2.24) is 14.9 Å². The van der Waals surface area contributed by atoms with Crippen molar-refractivity contribution >= 4 is 5.91 Å². The molecule has 2 heterocycles. The fraction of sp³-hybridized carbons (Fsp3) is 0.353. The summed E-state index contributed by atoms with van der Waals surface area (Å²) >= 11 is 0. The summed E-state index contributed by atoms with van der Waals surface area (Å²) in [5, 5.41) is 0. The van der Waals surface area contributed by atoms with Crippen LogP contribution < -0.4 is 15.2 Å². The van der Waals surface area contributed by atoms with Crippen LogP contribution in [0.2, 0.25) is 0 Å². The Morgan fingerprint density at radius 3 is 2.75 bits per heavy atom. The maximum Gasteiger partial charge on any atom is 0.238 e. The van der Waals surface area contributed by atoms with Crippen LogP contribution in [0.4, 0.5) is 0 Å². The van der Waals surface area contributed by atoms with Crippen LogP contribution in [0.15, 0.2) is 36.7 Å². The average molecular weight is 328 g/mol. The molecule has 1 aliphatic heterocycles. The van der Waals surface area contributed by atoms with Crippen LogP contribution in [0, 0.1) is 0 Å². The Kier molecular flexibility index (Phi) is 4.90. The summed E-state index contributed by atoms with van der Waals surface area (Å²) in [6.07, 6.45) is 5.01. The lowest BCUT2D eigenvalue weighted by Gasteiger charge is -2.23. The van der Waals surface area contributed by atoms with Gasteiger partial charge in [-0.25, -0.2) is 4.98 Å². The van der Waals surface area contributed by atoms with E-state index in [1.807, 2.05) is 12.1 Å². The van der Waals surface area contributed by atoms with E-state index in [0.29, 0.717) is 18.2 Å². The summed E-state index contributed by atoms with van der Waals surface area (Å²) in [6, 6.07) is 7.13. The summed E-state index contributed by atoms with van der Waals surface area (Å²) in [6.45, 7) is 0.706. The predicted molar refractivity (Wildman–Crippen MR) is 87.8 cm³/mol. The third-order valence-corrected chi connectivity index (χ3v) is 4.00. The molecular formula is C17H20N4O3. The van der Waals surface area contributed by atoms with Crippen molar-refractivity contribution in [2.45, 2.75) is 18.9 Å². The molecule has 7 heteroatoms. The molecule has 126 valence electrons. The largest absolute Gasteiger partial charge is 0.497 e. The van der Waals surface area contributed by atoms with Gasteiger partial charge in [-0.3, -0.25) is 9.78 Å². The second kappa shape index (κ2) is 7.27. The van der Waals surface area contributed by atoms with Gasteiger partial charge in [0.2, 0.25) is 11.8 Å². The highest BCUT2D eigenvalue weighted by Gasteiger charge is 2.30. The van der Waals surface area contributed by atoms with E-state index in [1.165, 1.54) is 0 Å². The number of ether oxygens (including phenoxy) is 2. The number of hydrogen-bond acceptors (Lipinski definition) is 6. The Balaban J connectivity index is 1.77. The lowest BCUT2D eigenvalue weighted by Crippen LogP contribution is -2.35.